The van der Waals surface area contributed by atoms with Crippen molar-refractivity contribution in [2.75, 3.05) is 32.7 Å². The number of carbonyl (C=O) groups is 2. The Kier molecular flexibility index (Phi) is 6.50. The van der Waals surface area contributed by atoms with Crippen molar-refractivity contribution in [3.05, 3.63) is 35.4 Å². The Bertz CT molecular complexity index is 688. The Balaban J connectivity index is 0.00000225. The van der Waals surface area contributed by atoms with E-state index in [1.54, 1.807) is 0 Å². The molecule has 7 heteroatoms. The van der Waals surface area contributed by atoms with Crippen LogP contribution in [0.4, 0.5) is 4.79 Å². The summed E-state index contributed by atoms with van der Waals surface area (Å²) < 4.78 is 0. The van der Waals surface area contributed by atoms with Crippen LogP contribution in [0.1, 0.15) is 49.3 Å². The first-order valence-corrected chi connectivity index (χ1v) is 10.1. The fourth-order valence-corrected chi connectivity index (χ4v) is 4.88. The van der Waals surface area contributed by atoms with E-state index in [1.807, 2.05) is 29.2 Å². The van der Waals surface area contributed by atoms with Crippen molar-refractivity contribution in [3.8, 4) is 0 Å². The zero-order valence-corrected chi connectivity index (χ0v) is 17.0. The quantitative estimate of drug-likeness (QED) is 0.728. The van der Waals surface area contributed by atoms with Gasteiger partial charge in [0.25, 0.3) is 0 Å². The summed E-state index contributed by atoms with van der Waals surface area (Å²) in [7, 11) is 0. The number of amides is 2. The molecule has 2 bridgehead atoms. The van der Waals surface area contributed by atoms with E-state index in [0.717, 1.165) is 24.1 Å². The van der Waals surface area contributed by atoms with Crippen LogP contribution in [0.5, 0.6) is 0 Å². The Morgan fingerprint density at radius 1 is 1.14 bits per heavy atom. The molecule has 0 spiro atoms. The minimum Gasteiger partial charge on any atom is -0.481 e. The summed E-state index contributed by atoms with van der Waals surface area (Å²) in [5.74, 6) is -0.774. The lowest BCUT2D eigenvalue weighted by Crippen LogP contribution is -2.49. The first-order valence-electron chi connectivity index (χ1n) is 10.1. The van der Waals surface area contributed by atoms with Crippen molar-refractivity contribution in [3.63, 3.8) is 0 Å². The number of hydrogen-bond acceptors (Lipinski definition) is 3. The van der Waals surface area contributed by atoms with Gasteiger partial charge in [0.05, 0.1) is 6.04 Å². The Morgan fingerprint density at radius 2 is 1.79 bits per heavy atom. The number of carboxylic acid groups (broad SMARTS) is 1. The molecule has 0 aromatic heterocycles. The molecule has 28 heavy (non-hydrogen) atoms. The molecule has 0 saturated carbocycles. The van der Waals surface area contributed by atoms with Gasteiger partial charge in [-0.05, 0) is 68.3 Å². The molecule has 1 atom stereocenters. The summed E-state index contributed by atoms with van der Waals surface area (Å²) in [6.07, 6.45) is 5.60. The number of benzene rings is 1. The van der Waals surface area contributed by atoms with Gasteiger partial charge in [0.2, 0.25) is 0 Å². The second-order valence-corrected chi connectivity index (χ2v) is 8.37. The fraction of sp³-hybridized carbons (Fsp3) is 0.619. The van der Waals surface area contributed by atoms with Gasteiger partial charge < -0.3 is 20.2 Å². The number of rotatable bonds is 7. The molecule has 1 unspecified atom stereocenters. The predicted octanol–water partition coefficient (Wildman–Crippen LogP) is 3.07. The summed E-state index contributed by atoms with van der Waals surface area (Å²) in [4.78, 5) is 27.7. The van der Waals surface area contributed by atoms with Crippen LogP contribution in [0.25, 0.3) is 0 Å². The zero-order chi connectivity index (χ0) is 18.9. The number of nitrogens with zero attached hydrogens (tertiary/aromatic N) is 2. The van der Waals surface area contributed by atoms with Crippen LogP contribution < -0.4 is 5.32 Å². The molecule has 2 amide bonds. The Morgan fingerprint density at radius 3 is 2.39 bits per heavy atom. The van der Waals surface area contributed by atoms with E-state index >= 15 is 0 Å². The van der Waals surface area contributed by atoms with Crippen molar-refractivity contribution >= 4 is 24.4 Å². The number of aliphatic carboxylic acids is 1. The topological polar surface area (TPSA) is 72.9 Å². The smallest absolute Gasteiger partial charge is 0.318 e. The SMILES string of the molecule is Cl.O=C(O)CCc1ccc(C2CNC(=O)N2CCC23CCN(CC2)CC3)cc1. The number of hydrogen-bond donors (Lipinski definition) is 2. The number of halogens is 1. The van der Waals surface area contributed by atoms with Crippen molar-refractivity contribution in [2.45, 2.75) is 44.6 Å². The second kappa shape index (κ2) is 8.70. The maximum atomic E-state index is 12.4. The summed E-state index contributed by atoms with van der Waals surface area (Å²) >= 11 is 0. The maximum Gasteiger partial charge on any atom is 0.318 e. The fourth-order valence-electron chi connectivity index (χ4n) is 4.88. The number of urea groups is 1. The zero-order valence-electron chi connectivity index (χ0n) is 16.2. The van der Waals surface area contributed by atoms with E-state index in [4.69, 9.17) is 5.11 Å². The predicted molar refractivity (Wildman–Crippen MR) is 110 cm³/mol. The maximum absolute atomic E-state index is 12.4. The van der Waals surface area contributed by atoms with Crippen LogP contribution in [-0.2, 0) is 11.2 Å². The molecule has 154 valence electrons. The molecule has 4 saturated heterocycles. The molecule has 5 rings (SSSR count). The molecule has 0 aliphatic carbocycles. The van der Waals surface area contributed by atoms with Crippen LogP contribution in [0.3, 0.4) is 0 Å². The standard InChI is InChI=1S/C21H29N3O3.ClH/c25-19(26)6-3-16-1-4-17(5-2-16)18-15-22-20(27)24(18)14-10-21-7-11-23(12-8-21)13-9-21;/h1-2,4-5,18H,3,6-15H2,(H,22,27)(H,25,26);1H. The largest absolute Gasteiger partial charge is 0.481 e. The third-order valence-corrected chi connectivity index (χ3v) is 6.83. The summed E-state index contributed by atoms with van der Waals surface area (Å²) in [5, 5.41) is 11.8. The van der Waals surface area contributed by atoms with Gasteiger partial charge in [-0.3, -0.25) is 4.79 Å². The van der Waals surface area contributed by atoms with E-state index in [-0.39, 0.29) is 30.9 Å². The minimum atomic E-state index is -0.774. The average Bonchev–Trinajstić information content (AvgIpc) is 3.07. The molecular formula is C21H30ClN3O3. The van der Waals surface area contributed by atoms with Gasteiger partial charge in [-0.1, -0.05) is 24.3 Å². The highest BCUT2D eigenvalue weighted by Gasteiger charge is 2.41. The third-order valence-electron chi connectivity index (χ3n) is 6.83. The summed E-state index contributed by atoms with van der Waals surface area (Å²) in [6.45, 7) is 5.11. The highest BCUT2D eigenvalue weighted by atomic mass is 35.5. The lowest BCUT2D eigenvalue weighted by Gasteiger charge is -2.49. The Hall–Kier alpha value is -1.79. The minimum absolute atomic E-state index is 0. The second-order valence-electron chi connectivity index (χ2n) is 8.37. The van der Waals surface area contributed by atoms with Crippen LogP contribution >= 0.6 is 12.4 Å². The molecule has 2 N–H and O–H groups in total. The molecular weight excluding hydrogens is 378 g/mol. The van der Waals surface area contributed by atoms with E-state index in [0.29, 0.717) is 18.4 Å². The van der Waals surface area contributed by atoms with E-state index in [9.17, 15) is 9.59 Å². The summed E-state index contributed by atoms with van der Waals surface area (Å²) in [6, 6.07) is 8.20. The lowest BCUT2D eigenvalue weighted by atomic mass is 9.70. The first-order chi connectivity index (χ1) is 13.0. The first kappa shape index (κ1) is 20.9. The molecule has 6 nitrogen and oxygen atoms in total. The van der Waals surface area contributed by atoms with E-state index in [2.05, 4.69) is 10.2 Å². The molecule has 4 aliphatic rings. The summed E-state index contributed by atoms with van der Waals surface area (Å²) in [5.41, 5.74) is 2.59. The van der Waals surface area contributed by atoms with Gasteiger partial charge >= 0.3 is 12.0 Å². The number of carbonyl (C=O) groups excluding carboxylic acids is 1. The monoisotopic (exact) mass is 407 g/mol. The van der Waals surface area contributed by atoms with Crippen LogP contribution in [-0.4, -0.2) is 59.6 Å². The average molecular weight is 408 g/mol. The number of aryl methyl sites for hydroxylation is 1. The molecule has 1 aromatic rings. The van der Waals surface area contributed by atoms with E-state index in [1.165, 1.54) is 38.9 Å². The van der Waals surface area contributed by atoms with Crippen LogP contribution in [0.2, 0.25) is 0 Å². The highest BCUT2D eigenvalue weighted by Crippen LogP contribution is 2.43. The van der Waals surface area contributed by atoms with Crippen molar-refractivity contribution < 1.29 is 14.7 Å². The third kappa shape index (κ3) is 4.44. The van der Waals surface area contributed by atoms with Gasteiger partial charge in [-0.2, -0.15) is 0 Å². The van der Waals surface area contributed by atoms with Gasteiger partial charge in [-0.15, -0.1) is 12.4 Å². The molecule has 4 fully saturated rings. The van der Waals surface area contributed by atoms with Gasteiger partial charge in [0.15, 0.2) is 0 Å². The van der Waals surface area contributed by atoms with Crippen LogP contribution in [0, 0.1) is 5.41 Å². The number of piperidine rings is 3. The molecule has 0 radical (unpaired) electrons. The normalized spacial score (nSPS) is 28.7. The van der Waals surface area contributed by atoms with Crippen LogP contribution in [0.15, 0.2) is 24.3 Å². The molecule has 4 heterocycles. The number of fused-ring (bicyclic) bond motifs is 3. The van der Waals surface area contributed by atoms with Crippen molar-refractivity contribution in [1.29, 1.82) is 0 Å². The van der Waals surface area contributed by atoms with Gasteiger partial charge in [0.1, 0.15) is 0 Å². The Labute approximate surface area is 172 Å². The lowest BCUT2D eigenvalue weighted by molar-refractivity contribution is -0.136. The molecule has 1 aromatic carbocycles. The number of carboxylic acids is 1. The van der Waals surface area contributed by atoms with Gasteiger partial charge in [0, 0.05) is 19.5 Å². The van der Waals surface area contributed by atoms with E-state index < -0.39 is 5.97 Å². The van der Waals surface area contributed by atoms with Gasteiger partial charge in [-0.25, -0.2) is 4.79 Å². The molecule has 4 aliphatic heterocycles. The highest BCUT2D eigenvalue weighted by molar-refractivity contribution is 5.85. The number of nitrogens with one attached hydrogen (secondary N) is 1. The van der Waals surface area contributed by atoms with Crippen molar-refractivity contribution in [1.82, 2.24) is 15.1 Å². The van der Waals surface area contributed by atoms with Crippen molar-refractivity contribution in [2.24, 2.45) is 5.41 Å².